The van der Waals surface area contributed by atoms with Crippen LogP contribution in [0.2, 0.25) is 0 Å². The smallest absolute Gasteiger partial charge is 0.260 e. The maximum atomic E-state index is 13.7. The van der Waals surface area contributed by atoms with Gasteiger partial charge in [0.15, 0.2) is 11.2 Å². The maximum Gasteiger partial charge on any atom is 0.260 e. The van der Waals surface area contributed by atoms with E-state index < -0.39 is 76.6 Å². The summed E-state index contributed by atoms with van der Waals surface area (Å²) in [7, 11) is 3.13. The molecule has 5 aliphatic rings. The lowest BCUT2D eigenvalue weighted by molar-refractivity contribution is -0.122. The number of halogens is 1. The number of nitrogens with zero attached hydrogens (tertiary/aromatic N) is 3. The Morgan fingerprint density at radius 3 is 2.31 bits per heavy atom. The van der Waals surface area contributed by atoms with Gasteiger partial charge in [-0.05, 0) is 54.1 Å². The number of nitrogens with one attached hydrogen (secondary N) is 2. The average Bonchev–Trinajstić information content (AvgIpc) is 3.57. The van der Waals surface area contributed by atoms with E-state index in [1.54, 1.807) is 6.07 Å². The third-order valence-corrected chi connectivity index (χ3v) is 11.0. The Labute approximate surface area is 287 Å². The fourth-order valence-electron chi connectivity index (χ4n) is 7.30. The van der Waals surface area contributed by atoms with Gasteiger partial charge in [0, 0.05) is 46.8 Å². The number of carbonyl (C=O) groups excluding carboxylic acids is 1. The highest BCUT2D eigenvalue weighted by Crippen LogP contribution is 2.55. The first kappa shape index (κ1) is 32.6. The Bertz CT molecular complexity index is 2660. The molecule has 1 saturated heterocycles. The van der Waals surface area contributed by atoms with Crippen molar-refractivity contribution >= 4 is 57.0 Å². The maximum absolute atomic E-state index is 13.7. The molecule has 4 aliphatic carbocycles. The number of hydrogen-bond donors (Lipinski definition) is 5. The number of likely N-dealkylation sites (N-methyl/N-ethyl adjacent to an activating group) is 1. The topological polar surface area (TPSA) is 219 Å². The molecular formula is C33H28IN5O10. The van der Waals surface area contributed by atoms with Gasteiger partial charge in [0.2, 0.25) is 16.3 Å². The second kappa shape index (κ2) is 11.6. The number of aliphatic hydroxyl groups is 2. The molecule has 0 unspecified atom stereocenters. The number of aliphatic hydroxyl groups excluding tert-OH is 2. The molecule has 0 radical (unpaired) electrons. The van der Waals surface area contributed by atoms with Crippen LogP contribution in [0.3, 0.4) is 0 Å². The van der Waals surface area contributed by atoms with Gasteiger partial charge in [-0.15, -0.1) is 0 Å². The summed E-state index contributed by atoms with van der Waals surface area (Å²) in [5.74, 6) is -2.94. The van der Waals surface area contributed by atoms with Crippen LogP contribution in [0.25, 0.3) is 22.3 Å². The van der Waals surface area contributed by atoms with Gasteiger partial charge in [0.05, 0.1) is 51.8 Å². The van der Waals surface area contributed by atoms with E-state index in [0.29, 0.717) is 14.5 Å². The van der Waals surface area contributed by atoms with Crippen molar-refractivity contribution in [3.63, 3.8) is 0 Å². The molecule has 49 heavy (non-hydrogen) atoms. The number of carbonyl (C=O) groups is 1. The standard InChI is InChI=1S/C33H28IN5O10/c1-38-5-7-39(8-6-38)12-18(41)37-35-11-13-9-15-19(32(48)36-13)29(45)24-14(25(15)34)3-4-33(24)30(46)22-23(31(33)47)28(44)21-20(27(22)43)16(40)10-17(49-2)26(21)42/h9-11,45-47H,3-8,12H2,1-2H3,(H,36,48)(H,37,41)/t33-/m0/s1. The quantitative estimate of drug-likeness (QED) is 0.0830. The predicted molar refractivity (Wildman–Crippen MR) is 186 cm³/mol. The van der Waals surface area contributed by atoms with E-state index in [1.165, 1.54) is 6.21 Å². The molecule has 1 aliphatic heterocycles. The number of methoxy groups -OCH3 is 1. The number of aromatic hydroxyl groups is 1. The summed E-state index contributed by atoms with van der Waals surface area (Å²) in [5.41, 5.74) is -4.01. The second-order valence-corrected chi connectivity index (χ2v) is 13.5. The lowest BCUT2D eigenvalue weighted by Gasteiger charge is -2.31. The summed E-state index contributed by atoms with van der Waals surface area (Å²) in [6.45, 7) is 3.37. The lowest BCUT2D eigenvalue weighted by atomic mass is 9.78. The zero-order valence-electron chi connectivity index (χ0n) is 26.1. The van der Waals surface area contributed by atoms with Crippen molar-refractivity contribution < 1.29 is 24.9 Å². The minimum Gasteiger partial charge on any atom is -0.510 e. The van der Waals surface area contributed by atoms with E-state index in [1.807, 2.05) is 34.5 Å². The van der Waals surface area contributed by atoms with Gasteiger partial charge < -0.3 is 29.9 Å². The molecule has 1 fully saturated rings. The van der Waals surface area contributed by atoms with E-state index >= 15 is 0 Å². The summed E-state index contributed by atoms with van der Waals surface area (Å²) in [4.78, 5) is 85.9. The van der Waals surface area contributed by atoms with Crippen molar-refractivity contribution in [3.05, 3.63) is 105 Å². The van der Waals surface area contributed by atoms with Gasteiger partial charge in [0.25, 0.3) is 11.5 Å². The highest BCUT2D eigenvalue weighted by molar-refractivity contribution is 14.1. The molecule has 1 atom stereocenters. The fourth-order valence-corrected chi connectivity index (χ4v) is 8.26. The molecule has 1 aromatic heterocycles. The van der Waals surface area contributed by atoms with Gasteiger partial charge in [-0.2, -0.15) is 5.10 Å². The van der Waals surface area contributed by atoms with Crippen molar-refractivity contribution in [1.29, 1.82) is 0 Å². The summed E-state index contributed by atoms with van der Waals surface area (Å²) in [5, 5.41) is 36.3. The zero-order chi connectivity index (χ0) is 35.1. The van der Waals surface area contributed by atoms with Gasteiger partial charge in [-0.3, -0.25) is 33.7 Å². The van der Waals surface area contributed by atoms with Crippen LogP contribution in [0.5, 0.6) is 11.5 Å². The average molecular weight is 782 g/mol. The van der Waals surface area contributed by atoms with Crippen LogP contribution >= 0.6 is 22.6 Å². The number of amides is 1. The lowest BCUT2D eigenvalue weighted by Crippen LogP contribution is -2.51. The van der Waals surface area contributed by atoms with Gasteiger partial charge in [-0.25, -0.2) is 5.43 Å². The predicted octanol–water partition coefficient (Wildman–Crippen LogP) is -2.18. The minimum atomic E-state index is -2.01. The summed E-state index contributed by atoms with van der Waals surface area (Å²) >= 11 is 1.97. The highest BCUT2D eigenvalue weighted by Gasteiger charge is 2.53. The van der Waals surface area contributed by atoms with Gasteiger partial charge >= 0.3 is 0 Å². The number of benzene rings is 1. The molecule has 1 spiro atoms. The Morgan fingerprint density at radius 1 is 1.00 bits per heavy atom. The highest BCUT2D eigenvalue weighted by atomic mass is 127. The van der Waals surface area contributed by atoms with Gasteiger partial charge in [-0.1, -0.05) is 0 Å². The van der Waals surface area contributed by atoms with Crippen LogP contribution < -0.4 is 47.9 Å². The number of aromatic amines is 1. The van der Waals surface area contributed by atoms with Crippen molar-refractivity contribution in [2.45, 2.75) is 18.3 Å². The number of rotatable bonds is 5. The summed E-state index contributed by atoms with van der Waals surface area (Å²) in [6, 6.07) is 2.33. The molecule has 15 nitrogen and oxygen atoms in total. The largest absolute Gasteiger partial charge is 0.510 e. The number of hydrazone groups is 1. The van der Waals surface area contributed by atoms with Crippen molar-refractivity contribution in [3.8, 4) is 11.5 Å². The first-order chi connectivity index (χ1) is 23.3. The Morgan fingerprint density at radius 2 is 1.65 bits per heavy atom. The normalized spacial score (nSPS) is 19.4. The van der Waals surface area contributed by atoms with E-state index in [-0.39, 0.29) is 41.9 Å². The van der Waals surface area contributed by atoms with Crippen LogP contribution in [0.15, 0.2) is 41.2 Å². The Kier molecular flexibility index (Phi) is 7.71. The van der Waals surface area contributed by atoms with Crippen LogP contribution in [-0.4, -0.2) is 89.1 Å². The van der Waals surface area contributed by atoms with Crippen molar-refractivity contribution in [1.82, 2.24) is 20.2 Å². The number of pyridine rings is 1. The van der Waals surface area contributed by atoms with Crippen LogP contribution in [0.4, 0.5) is 0 Å². The first-order valence-electron chi connectivity index (χ1n) is 15.2. The van der Waals surface area contributed by atoms with Crippen molar-refractivity contribution in [2.75, 3.05) is 46.9 Å². The fraction of sp³-hybridized carbons (Fsp3) is 0.303. The molecule has 0 bridgehead atoms. The molecular weight excluding hydrogens is 753 g/mol. The van der Waals surface area contributed by atoms with Crippen LogP contribution in [-0.2, 0) is 16.6 Å². The second-order valence-electron chi connectivity index (χ2n) is 12.4. The summed E-state index contributed by atoms with van der Waals surface area (Å²) in [6.07, 6.45) is 1.28. The first-order valence-corrected chi connectivity index (χ1v) is 16.3. The molecule has 16 heteroatoms. The number of hydrogen-bond acceptors (Lipinski definition) is 13. The molecule has 2 aromatic rings. The molecule has 1 amide bonds. The SMILES string of the molecule is COc1cc(=O)c2c(=O)c3c(c(=O)c=2c1=O)=C(O)[C@]1(CCc2c1c(O)c1c(=O)[nH]c(C=NNC(=O)CN4CCN(C)CC4)cc1c2I)C=3O. The third kappa shape index (κ3) is 4.64. The third-order valence-electron chi connectivity index (χ3n) is 9.73. The monoisotopic (exact) mass is 781 g/mol. The number of ether oxygens (including phenoxy) is 1. The number of phenols is 1. The number of phenolic OH excluding ortho intramolecular Hbond substituents is 1. The summed E-state index contributed by atoms with van der Waals surface area (Å²) < 4.78 is 5.40. The Hall–Kier alpha value is -4.94. The number of H-pyrrole nitrogens is 1. The van der Waals surface area contributed by atoms with E-state index in [4.69, 9.17) is 4.74 Å². The van der Waals surface area contributed by atoms with Crippen LogP contribution in [0, 0.1) is 14.0 Å². The number of aromatic nitrogens is 1. The molecule has 0 saturated carbocycles. The van der Waals surface area contributed by atoms with Crippen molar-refractivity contribution in [2.24, 2.45) is 5.10 Å². The molecule has 5 N–H and O–H groups in total. The Balaban J connectivity index is 1.34. The molecule has 1 aromatic carbocycles. The van der Waals surface area contributed by atoms with E-state index in [9.17, 15) is 44.1 Å². The zero-order valence-corrected chi connectivity index (χ0v) is 28.3. The van der Waals surface area contributed by atoms with Gasteiger partial charge in [0.1, 0.15) is 22.7 Å². The molecule has 252 valence electrons. The van der Waals surface area contributed by atoms with Crippen LogP contribution in [0.1, 0.15) is 23.2 Å². The number of fused-ring (bicyclic) bond motifs is 4. The van der Waals surface area contributed by atoms with E-state index in [0.717, 1.165) is 39.4 Å². The minimum absolute atomic E-state index is 0.0798. The molecule has 7 rings (SSSR count). The number of piperazine rings is 1. The van der Waals surface area contributed by atoms with E-state index in [2.05, 4.69) is 20.4 Å². The molecule has 2 heterocycles.